The van der Waals surface area contributed by atoms with Crippen molar-refractivity contribution < 1.29 is 9.53 Å². The van der Waals surface area contributed by atoms with Gasteiger partial charge in [-0.15, -0.1) is 0 Å². The highest BCUT2D eigenvalue weighted by atomic mass is 16.5. The third-order valence-electron chi connectivity index (χ3n) is 2.95. The average Bonchev–Trinajstić information content (AvgIpc) is 2.29. The normalized spacial score (nSPS) is 26.2. The second-order valence-corrected chi connectivity index (χ2v) is 5.17. The van der Waals surface area contributed by atoms with Gasteiger partial charge in [0.05, 0.1) is 19.3 Å². The number of nitrogens with zero attached hydrogens (tertiary/aromatic N) is 1. The number of carbonyl (C=O) groups excluding carboxylic acids is 1. The molecule has 1 amide bonds. The highest BCUT2D eigenvalue weighted by Crippen LogP contribution is 2.10. The number of hydrogen-bond acceptors (Lipinski definition) is 4. The van der Waals surface area contributed by atoms with E-state index >= 15 is 0 Å². The molecule has 1 heterocycles. The van der Waals surface area contributed by atoms with Gasteiger partial charge >= 0.3 is 0 Å². The fraction of sp³-hybridized carbons (Fsp3) is 0.917. The summed E-state index contributed by atoms with van der Waals surface area (Å²) in [5.74, 6) is 0.570. The summed E-state index contributed by atoms with van der Waals surface area (Å²) in [6, 6.07) is 0.280. The summed E-state index contributed by atoms with van der Waals surface area (Å²) >= 11 is 0. The van der Waals surface area contributed by atoms with Gasteiger partial charge < -0.3 is 15.8 Å². The van der Waals surface area contributed by atoms with Crippen molar-refractivity contribution in [2.45, 2.75) is 32.9 Å². The third kappa shape index (κ3) is 5.02. The monoisotopic (exact) mass is 243 g/mol. The molecule has 2 atom stereocenters. The summed E-state index contributed by atoms with van der Waals surface area (Å²) in [4.78, 5) is 13.9. The molecule has 0 saturated carbocycles. The summed E-state index contributed by atoms with van der Waals surface area (Å²) in [5.41, 5.74) is 5.59. The minimum absolute atomic E-state index is 0.0594. The lowest BCUT2D eigenvalue weighted by Gasteiger charge is -2.37. The molecule has 0 aromatic carbocycles. The first kappa shape index (κ1) is 14.4. The minimum atomic E-state index is 0.0594. The number of morpholine rings is 1. The average molecular weight is 243 g/mol. The van der Waals surface area contributed by atoms with E-state index in [9.17, 15) is 4.79 Å². The molecule has 5 heteroatoms. The van der Waals surface area contributed by atoms with Crippen LogP contribution >= 0.6 is 0 Å². The lowest BCUT2D eigenvalue weighted by Crippen LogP contribution is -2.53. The number of carbonyl (C=O) groups is 1. The van der Waals surface area contributed by atoms with Crippen LogP contribution < -0.4 is 11.1 Å². The molecule has 0 spiro atoms. The van der Waals surface area contributed by atoms with Crippen LogP contribution in [0.2, 0.25) is 0 Å². The van der Waals surface area contributed by atoms with E-state index in [4.69, 9.17) is 10.5 Å². The van der Waals surface area contributed by atoms with E-state index in [-0.39, 0.29) is 18.1 Å². The van der Waals surface area contributed by atoms with E-state index in [2.05, 4.69) is 31.0 Å². The van der Waals surface area contributed by atoms with Crippen LogP contribution in [0.1, 0.15) is 20.8 Å². The van der Waals surface area contributed by atoms with Crippen molar-refractivity contribution in [1.29, 1.82) is 0 Å². The highest BCUT2D eigenvalue weighted by Gasteiger charge is 2.26. The molecule has 0 aromatic rings. The zero-order chi connectivity index (χ0) is 12.8. The highest BCUT2D eigenvalue weighted by molar-refractivity contribution is 5.78. The van der Waals surface area contributed by atoms with Crippen molar-refractivity contribution in [3.8, 4) is 0 Å². The molecule has 0 radical (unpaired) electrons. The maximum Gasteiger partial charge on any atom is 0.234 e. The maximum atomic E-state index is 11.7. The Labute approximate surface area is 104 Å². The van der Waals surface area contributed by atoms with Crippen LogP contribution in [0.5, 0.6) is 0 Å². The largest absolute Gasteiger partial charge is 0.374 e. The molecule has 1 saturated heterocycles. The number of rotatable bonds is 5. The van der Waals surface area contributed by atoms with Crippen molar-refractivity contribution >= 4 is 5.91 Å². The summed E-state index contributed by atoms with van der Waals surface area (Å²) in [5, 5.41) is 2.93. The van der Waals surface area contributed by atoms with Gasteiger partial charge in [-0.3, -0.25) is 9.69 Å². The molecule has 100 valence electrons. The summed E-state index contributed by atoms with van der Waals surface area (Å²) in [7, 11) is 0. The van der Waals surface area contributed by atoms with Gasteiger partial charge in [-0.25, -0.2) is 0 Å². The summed E-state index contributed by atoms with van der Waals surface area (Å²) < 4.78 is 5.55. The molecular weight excluding hydrogens is 218 g/mol. The van der Waals surface area contributed by atoms with Crippen LogP contribution in [0.3, 0.4) is 0 Å². The van der Waals surface area contributed by atoms with Gasteiger partial charge in [-0.1, -0.05) is 13.8 Å². The number of hydrogen-bond donors (Lipinski definition) is 2. The molecule has 1 fully saturated rings. The first-order chi connectivity index (χ1) is 8.02. The van der Waals surface area contributed by atoms with Crippen molar-refractivity contribution in [2.24, 2.45) is 11.7 Å². The van der Waals surface area contributed by atoms with Gasteiger partial charge in [0.1, 0.15) is 0 Å². The standard InChI is InChI=1S/C12H25N3O2/c1-9(2)5-14-12(16)7-15-6-11(4-13)17-8-10(15)3/h9-11H,4-8,13H2,1-3H3,(H,14,16). The van der Waals surface area contributed by atoms with Gasteiger partial charge in [-0.05, 0) is 12.8 Å². The number of nitrogens with one attached hydrogen (secondary N) is 1. The third-order valence-corrected chi connectivity index (χ3v) is 2.95. The lowest BCUT2D eigenvalue weighted by atomic mass is 10.2. The molecule has 5 nitrogen and oxygen atoms in total. The molecule has 0 aromatic heterocycles. The Kier molecular flexibility index (Phi) is 5.88. The fourth-order valence-electron chi connectivity index (χ4n) is 1.80. The molecule has 0 bridgehead atoms. The number of amides is 1. The zero-order valence-electron chi connectivity index (χ0n) is 11.1. The predicted molar refractivity (Wildman–Crippen MR) is 67.7 cm³/mol. The van der Waals surface area contributed by atoms with Gasteiger partial charge in [0.15, 0.2) is 0 Å². The molecule has 1 rings (SSSR count). The molecule has 17 heavy (non-hydrogen) atoms. The molecule has 2 unspecified atom stereocenters. The van der Waals surface area contributed by atoms with E-state index < -0.39 is 0 Å². The number of ether oxygens (including phenoxy) is 1. The van der Waals surface area contributed by atoms with Crippen molar-refractivity contribution in [3.63, 3.8) is 0 Å². The van der Waals surface area contributed by atoms with E-state index in [1.165, 1.54) is 0 Å². The van der Waals surface area contributed by atoms with E-state index in [0.717, 1.165) is 13.1 Å². The molecule has 0 aliphatic carbocycles. The maximum absolute atomic E-state index is 11.7. The smallest absolute Gasteiger partial charge is 0.234 e. The Morgan fingerprint density at radius 1 is 1.59 bits per heavy atom. The fourth-order valence-corrected chi connectivity index (χ4v) is 1.80. The van der Waals surface area contributed by atoms with E-state index in [1.807, 2.05) is 0 Å². The van der Waals surface area contributed by atoms with Crippen molar-refractivity contribution in [3.05, 3.63) is 0 Å². The predicted octanol–water partition coefficient (Wildman–Crippen LogP) is -0.193. The van der Waals surface area contributed by atoms with Gasteiger partial charge in [0.2, 0.25) is 5.91 Å². The number of nitrogens with two attached hydrogens (primary N) is 1. The van der Waals surface area contributed by atoms with E-state index in [1.54, 1.807) is 0 Å². The Hall–Kier alpha value is -0.650. The first-order valence-corrected chi connectivity index (χ1v) is 6.35. The van der Waals surface area contributed by atoms with E-state index in [0.29, 0.717) is 25.6 Å². The minimum Gasteiger partial charge on any atom is -0.374 e. The zero-order valence-corrected chi connectivity index (χ0v) is 11.1. The Morgan fingerprint density at radius 3 is 2.88 bits per heavy atom. The molecule has 1 aliphatic rings. The van der Waals surface area contributed by atoms with Crippen LogP contribution in [-0.4, -0.2) is 55.7 Å². The first-order valence-electron chi connectivity index (χ1n) is 6.35. The molecular formula is C12H25N3O2. The summed E-state index contributed by atoms with van der Waals surface area (Å²) in [6.07, 6.45) is 0.0594. The summed E-state index contributed by atoms with van der Waals surface area (Å²) in [6.45, 7) is 9.32. The van der Waals surface area contributed by atoms with Gasteiger partial charge in [-0.2, -0.15) is 0 Å². The Bertz CT molecular complexity index is 246. The Morgan fingerprint density at radius 2 is 2.29 bits per heavy atom. The van der Waals surface area contributed by atoms with Crippen LogP contribution in [-0.2, 0) is 9.53 Å². The molecule has 3 N–H and O–H groups in total. The van der Waals surface area contributed by atoms with Gasteiger partial charge in [0.25, 0.3) is 0 Å². The SMILES string of the molecule is CC(C)CNC(=O)CN1CC(CN)OCC1C. The van der Waals surface area contributed by atoms with Gasteiger partial charge in [0, 0.05) is 25.7 Å². The van der Waals surface area contributed by atoms with Crippen molar-refractivity contribution in [1.82, 2.24) is 10.2 Å². The van der Waals surface area contributed by atoms with Crippen LogP contribution in [0.25, 0.3) is 0 Å². The van der Waals surface area contributed by atoms with Crippen molar-refractivity contribution in [2.75, 3.05) is 32.8 Å². The second kappa shape index (κ2) is 6.93. The van der Waals surface area contributed by atoms with Crippen LogP contribution in [0.4, 0.5) is 0 Å². The molecule has 1 aliphatic heterocycles. The van der Waals surface area contributed by atoms with Crippen LogP contribution in [0.15, 0.2) is 0 Å². The van der Waals surface area contributed by atoms with Crippen LogP contribution in [0, 0.1) is 5.92 Å². The topological polar surface area (TPSA) is 67.6 Å². The second-order valence-electron chi connectivity index (χ2n) is 5.17. The Balaban J connectivity index is 2.35. The quantitative estimate of drug-likeness (QED) is 0.702. The lowest BCUT2D eigenvalue weighted by molar-refractivity contribution is -0.126.